The van der Waals surface area contributed by atoms with E-state index in [9.17, 15) is 38.7 Å². The van der Waals surface area contributed by atoms with Gasteiger partial charge in [-0.15, -0.1) is 0 Å². The SMILES string of the molecule is CC(=O)OC[C@H]1O[C@@H](O[C@H]2[C@H](OC(=O)c3ccccc3)[C@@H](OC(=O)c3ccccc3)[C@H](O)O[C@@H]2COC(=O)c2ccccc2)[C@H](OC(C)=O)[C@@H](OC(C)=O)[C@H]1OC(C)=O. The van der Waals surface area contributed by atoms with Crippen molar-refractivity contribution in [2.75, 3.05) is 13.2 Å². The van der Waals surface area contributed by atoms with Crippen molar-refractivity contribution in [2.45, 2.75) is 89.1 Å². The first kappa shape index (κ1) is 43.9. The van der Waals surface area contributed by atoms with Crippen molar-refractivity contribution in [3.05, 3.63) is 108 Å². The largest absolute Gasteiger partial charge is 0.463 e. The van der Waals surface area contributed by atoms with E-state index in [1.807, 2.05) is 0 Å². The predicted molar refractivity (Wildman–Crippen MR) is 196 cm³/mol. The molecule has 2 saturated heterocycles. The minimum absolute atomic E-state index is 0.0275. The zero-order valence-corrected chi connectivity index (χ0v) is 32.2. The Kier molecular flexibility index (Phi) is 15.2. The van der Waals surface area contributed by atoms with Gasteiger partial charge in [0.05, 0.1) is 16.7 Å². The van der Waals surface area contributed by atoms with Gasteiger partial charge in [-0.2, -0.15) is 0 Å². The Morgan fingerprint density at radius 1 is 0.458 bits per heavy atom. The van der Waals surface area contributed by atoms with Crippen LogP contribution in [0.3, 0.4) is 0 Å². The number of carbonyl (C=O) groups excluding carboxylic acids is 7. The van der Waals surface area contributed by atoms with Crippen molar-refractivity contribution in [1.82, 2.24) is 0 Å². The van der Waals surface area contributed by atoms with E-state index in [4.69, 9.17) is 47.4 Å². The Hall–Kier alpha value is -6.21. The average molecular weight is 823 g/mol. The molecular formula is C41H42O18. The van der Waals surface area contributed by atoms with Gasteiger partial charge in [-0.05, 0) is 36.4 Å². The van der Waals surface area contributed by atoms with Gasteiger partial charge < -0.3 is 52.5 Å². The number of hydrogen-bond acceptors (Lipinski definition) is 18. The molecule has 59 heavy (non-hydrogen) atoms. The Balaban J connectivity index is 1.61. The summed E-state index contributed by atoms with van der Waals surface area (Å²) in [5, 5.41) is 11.4. The summed E-state index contributed by atoms with van der Waals surface area (Å²) in [7, 11) is 0. The second-order valence-corrected chi connectivity index (χ2v) is 13.2. The molecule has 0 aromatic heterocycles. The quantitative estimate of drug-likeness (QED) is 0.182. The van der Waals surface area contributed by atoms with E-state index in [0.29, 0.717) is 0 Å². The van der Waals surface area contributed by atoms with Gasteiger partial charge in [-0.3, -0.25) is 19.2 Å². The van der Waals surface area contributed by atoms with Crippen molar-refractivity contribution in [3.8, 4) is 0 Å². The predicted octanol–water partition coefficient (Wildman–Crippen LogP) is 2.48. The number of rotatable bonds is 14. The summed E-state index contributed by atoms with van der Waals surface area (Å²) in [5.41, 5.74) is 0.214. The Morgan fingerprint density at radius 2 is 0.864 bits per heavy atom. The Morgan fingerprint density at radius 3 is 1.36 bits per heavy atom. The molecule has 0 spiro atoms. The lowest BCUT2D eigenvalue weighted by Gasteiger charge is -2.48. The minimum atomic E-state index is -2.05. The molecule has 2 heterocycles. The van der Waals surface area contributed by atoms with Crippen LogP contribution in [0.4, 0.5) is 0 Å². The first-order valence-corrected chi connectivity index (χ1v) is 18.3. The summed E-state index contributed by atoms with van der Waals surface area (Å²) in [6, 6.07) is 23.1. The number of carbonyl (C=O) groups is 7. The third kappa shape index (κ3) is 11.9. The fourth-order valence-corrected chi connectivity index (χ4v) is 6.25. The highest BCUT2D eigenvalue weighted by Gasteiger charge is 2.57. The molecule has 0 unspecified atom stereocenters. The summed E-state index contributed by atoms with van der Waals surface area (Å²) in [4.78, 5) is 89.7. The maximum atomic E-state index is 13.8. The van der Waals surface area contributed by atoms with Gasteiger partial charge in [0.15, 0.2) is 43.1 Å². The highest BCUT2D eigenvalue weighted by molar-refractivity contribution is 5.91. The van der Waals surface area contributed by atoms with Crippen LogP contribution in [0.2, 0.25) is 0 Å². The normalized spacial score (nSPS) is 26.3. The molecule has 0 aliphatic carbocycles. The molecule has 2 aliphatic heterocycles. The van der Waals surface area contributed by atoms with Gasteiger partial charge in [-0.1, -0.05) is 54.6 Å². The number of aliphatic hydroxyl groups is 1. The summed E-state index contributed by atoms with van der Waals surface area (Å²) in [6.45, 7) is 2.88. The van der Waals surface area contributed by atoms with E-state index in [-0.39, 0.29) is 16.7 Å². The molecule has 18 nitrogen and oxygen atoms in total. The molecule has 10 atom stereocenters. The van der Waals surface area contributed by atoms with Gasteiger partial charge in [0.2, 0.25) is 0 Å². The van der Waals surface area contributed by atoms with Crippen LogP contribution in [0.25, 0.3) is 0 Å². The molecule has 0 radical (unpaired) electrons. The van der Waals surface area contributed by atoms with Crippen LogP contribution in [0.1, 0.15) is 58.8 Å². The molecule has 2 fully saturated rings. The molecule has 1 N–H and O–H groups in total. The van der Waals surface area contributed by atoms with Crippen molar-refractivity contribution >= 4 is 41.8 Å². The van der Waals surface area contributed by atoms with Crippen molar-refractivity contribution in [1.29, 1.82) is 0 Å². The first-order chi connectivity index (χ1) is 28.2. The topological polar surface area (TPSA) is 232 Å². The van der Waals surface area contributed by atoms with Crippen molar-refractivity contribution in [2.24, 2.45) is 0 Å². The minimum Gasteiger partial charge on any atom is -0.463 e. The number of esters is 7. The van der Waals surface area contributed by atoms with E-state index in [2.05, 4.69) is 0 Å². The lowest BCUT2D eigenvalue weighted by atomic mass is 9.96. The zero-order valence-electron chi connectivity index (χ0n) is 32.2. The van der Waals surface area contributed by atoms with E-state index in [1.54, 1.807) is 54.6 Å². The van der Waals surface area contributed by atoms with E-state index in [0.717, 1.165) is 27.7 Å². The zero-order chi connectivity index (χ0) is 42.6. The van der Waals surface area contributed by atoms with Gasteiger partial charge in [0.1, 0.15) is 31.5 Å². The monoisotopic (exact) mass is 822 g/mol. The number of hydrogen-bond donors (Lipinski definition) is 1. The van der Waals surface area contributed by atoms with Gasteiger partial charge in [0, 0.05) is 27.7 Å². The number of benzene rings is 3. The first-order valence-electron chi connectivity index (χ1n) is 18.3. The fraction of sp³-hybridized carbons (Fsp3) is 0.390. The molecular weight excluding hydrogens is 780 g/mol. The lowest BCUT2D eigenvalue weighted by Crippen LogP contribution is -2.67. The van der Waals surface area contributed by atoms with Crippen LogP contribution in [-0.4, -0.2) is 122 Å². The van der Waals surface area contributed by atoms with Crippen molar-refractivity contribution in [3.63, 3.8) is 0 Å². The molecule has 0 bridgehead atoms. The second kappa shape index (κ2) is 20.5. The lowest BCUT2D eigenvalue weighted by molar-refractivity contribution is -0.355. The summed E-state index contributed by atoms with van der Waals surface area (Å²) in [6.07, 6.45) is -17.4. The van der Waals surface area contributed by atoms with E-state index >= 15 is 0 Å². The Bertz CT molecular complexity index is 1940. The molecule has 5 rings (SSSR count). The van der Waals surface area contributed by atoms with Crippen LogP contribution in [0.15, 0.2) is 91.0 Å². The maximum Gasteiger partial charge on any atom is 0.338 e. The molecule has 2 aliphatic rings. The van der Waals surface area contributed by atoms with Crippen LogP contribution in [0.5, 0.6) is 0 Å². The van der Waals surface area contributed by atoms with Crippen LogP contribution < -0.4 is 0 Å². The van der Waals surface area contributed by atoms with Gasteiger partial charge in [0.25, 0.3) is 0 Å². The smallest absolute Gasteiger partial charge is 0.338 e. The second-order valence-electron chi connectivity index (χ2n) is 13.2. The van der Waals surface area contributed by atoms with Gasteiger partial charge in [-0.25, -0.2) is 14.4 Å². The molecule has 314 valence electrons. The average Bonchev–Trinajstić information content (AvgIpc) is 3.21. The maximum absolute atomic E-state index is 13.8. The van der Waals surface area contributed by atoms with Gasteiger partial charge >= 0.3 is 41.8 Å². The molecule has 3 aromatic carbocycles. The number of ether oxygens (including phenoxy) is 10. The summed E-state index contributed by atoms with van der Waals surface area (Å²) < 4.78 is 57.4. The van der Waals surface area contributed by atoms with Crippen LogP contribution in [0, 0.1) is 0 Å². The van der Waals surface area contributed by atoms with E-state index in [1.165, 1.54) is 36.4 Å². The molecule has 3 aromatic rings. The molecule has 0 amide bonds. The molecule has 18 heteroatoms. The van der Waals surface area contributed by atoms with E-state index < -0.39 is 116 Å². The van der Waals surface area contributed by atoms with Crippen LogP contribution >= 0.6 is 0 Å². The van der Waals surface area contributed by atoms with Crippen molar-refractivity contribution < 1.29 is 86.0 Å². The highest BCUT2D eigenvalue weighted by atomic mass is 16.8. The summed E-state index contributed by atoms with van der Waals surface area (Å²) in [5.74, 6) is -6.31. The number of aliphatic hydroxyl groups excluding tert-OH is 1. The molecule has 0 saturated carbocycles. The summed E-state index contributed by atoms with van der Waals surface area (Å²) >= 11 is 0. The third-order valence-electron chi connectivity index (χ3n) is 8.74. The Labute approximate surface area is 337 Å². The standard InChI is InChI=1S/C41H42O18/c1-22(42)50-20-30-31(52-23(2)43)34(53-24(3)44)36(54-25(4)45)41(56-30)59-32-29(21-51-37(46)26-14-8-5-9-15-26)55-40(49)35(58-39(48)28-18-12-7-13-19-28)33(32)57-38(47)27-16-10-6-11-17-27/h5-19,29-36,40-41,49H,20-21H2,1-4H3/t29-,30-,31+,32-,33+,34+,35-,36-,40-,41+/m1/s1. The van der Waals surface area contributed by atoms with Crippen LogP contribution in [-0.2, 0) is 66.5 Å². The highest BCUT2D eigenvalue weighted by Crippen LogP contribution is 2.35. The third-order valence-corrected chi connectivity index (χ3v) is 8.74. The fourth-order valence-electron chi connectivity index (χ4n) is 6.25.